The van der Waals surface area contributed by atoms with Gasteiger partial charge in [-0.25, -0.2) is 4.39 Å². The maximum absolute atomic E-state index is 17.3. The molecule has 0 spiro atoms. The van der Waals surface area contributed by atoms with E-state index in [1.165, 1.54) is 37.8 Å². The van der Waals surface area contributed by atoms with Gasteiger partial charge in [-0.3, -0.25) is 14.4 Å². The second-order valence-corrected chi connectivity index (χ2v) is 15.2. The van der Waals surface area contributed by atoms with Crippen molar-refractivity contribution in [3.63, 3.8) is 0 Å². The second-order valence-electron chi connectivity index (χ2n) is 15.2. The van der Waals surface area contributed by atoms with Gasteiger partial charge >= 0.3 is 5.97 Å². The highest BCUT2D eigenvalue weighted by molar-refractivity contribution is 6.01. The van der Waals surface area contributed by atoms with Gasteiger partial charge < -0.3 is 14.9 Å². The average molecular weight is 655 g/mol. The Morgan fingerprint density at radius 3 is 2.36 bits per heavy atom. The number of hydrogen-bond acceptors (Lipinski definition) is 6. The molecule has 0 bridgehead atoms. The Balaban J connectivity index is 1.21. The summed E-state index contributed by atoms with van der Waals surface area (Å²) >= 11 is 0. The van der Waals surface area contributed by atoms with E-state index in [0.717, 1.165) is 38.5 Å². The van der Waals surface area contributed by atoms with Gasteiger partial charge in [0, 0.05) is 23.2 Å². The second kappa shape index (κ2) is 15.9. The van der Waals surface area contributed by atoms with Gasteiger partial charge in [0.1, 0.15) is 5.60 Å². The molecule has 3 saturated carbocycles. The molecule has 0 radical (unpaired) electrons. The number of fused-ring (bicyclic) bond motifs is 5. The number of carbonyl (C=O) groups excluding carboxylic acids is 3. The van der Waals surface area contributed by atoms with Crippen molar-refractivity contribution in [3.05, 3.63) is 48.1 Å². The molecule has 262 valence electrons. The molecule has 8 atom stereocenters. The van der Waals surface area contributed by atoms with Crippen LogP contribution in [0.15, 0.2) is 48.1 Å². The van der Waals surface area contributed by atoms with Gasteiger partial charge in [-0.15, -0.1) is 0 Å². The van der Waals surface area contributed by atoms with Crippen molar-refractivity contribution in [2.75, 3.05) is 6.61 Å². The summed E-state index contributed by atoms with van der Waals surface area (Å²) in [6, 6.07) is 0. The summed E-state index contributed by atoms with van der Waals surface area (Å²) in [7, 11) is 0. The molecule has 0 aliphatic heterocycles. The molecular formula is C40H59FO6. The van der Waals surface area contributed by atoms with Crippen LogP contribution in [0.1, 0.15) is 130 Å². The van der Waals surface area contributed by atoms with Gasteiger partial charge in [0.25, 0.3) is 0 Å². The molecule has 3 fully saturated rings. The third-order valence-electron chi connectivity index (χ3n) is 12.3. The summed E-state index contributed by atoms with van der Waals surface area (Å²) in [5, 5.41) is 23.6. The maximum atomic E-state index is 17.3. The highest BCUT2D eigenvalue weighted by Crippen LogP contribution is 2.70. The first-order valence-electron chi connectivity index (χ1n) is 18.4. The van der Waals surface area contributed by atoms with Gasteiger partial charge in [-0.1, -0.05) is 88.8 Å². The van der Waals surface area contributed by atoms with E-state index in [-0.39, 0.29) is 24.5 Å². The summed E-state index contributed by atoms with van der Waals surface area (Å²) in [5.74, 6) is -2.64. The summed E-state index contributed by atoms with van der Waals surface area (Å²) in [5.41, 5.74) is -5.40. The van der Waals surface area contributed by atoms with E-state index < -0.39 is 58.4 Å². The summed E-state index contributed by atoms with van der Waals surface area (Å²) in [4.78, 5) is 38.3. The molecule has 47 heavy (non-hydrogen) atoms. The van der Waals surface area contributed by atoms with Crippen LogP contribution in [0.3, 0.4) is 0 Å². The molecule has 7 heteroatoms. The Hall–Kier alpha value is -2.38. The summed E-state index contributed by atoms with van der Waals surface area (Å²) in [6.45, 7) is 7.03. The number of ketones is 2. The fourth-order valence-corrected chi connectivity index (χ4v) is 9.55. The van der Waals surface area contributed by atoms with Crippen molar-refractivity contribution in [2.24, 2.45) is 28.6 Å². The number of ether oxygens (including phenoxy) is 1. The monoisotopic (exact) mass is 654 g/mol. The first-order valence-corrected chi connectivity index (χ1v) is 18.4. The van der Waals surface area contributed by atoms with Crippen molar-refractivity contribution in [1.29, 1.82) is 0 Å². The van der Waals surface area contributed by atoms with E-state index in [2.05, 4.69) is 31.2 Å². The predicted molar refractivity (Wildman–Crippen MR) is 183 cm³/mol. The highest BCUT2D eigenvalue weighted by Gasteiger charge is 2.75. The van der Waals surface area contributed by atoms with Gasteiger partial charge in [-0.2, -0.15) is 0 Å². The molecule has 0 aromatic heterocycles. The number of alkyl halides is 1. The summed E-state index contributed by atoms with van der Waals surface area (Å²) < 4.78 is 22.7. The number of aliphatic hydroxyl groups is 2. The van der Waals surface area contributed by atoms with Crippen LogP contribution in [0.5, 0.6) is 0 Å². The Kier molecular flexibility index (Phi) is 12.7. The molecule has 0 unspecified atom stereocenters. The topological polar surface area (TPSA) is 101 Å². The zero-order chi connectivity index (χ0) is 34.3. The smallest absolute Gasteiger partial charge is 0.306 e. The molecule has 0 aromatic carbocycles. The normalized spacial score (nSPS) is 36.3. The average Bonchev–Trinajstić information content (AvgIpc) is 3.24. The number of rotatable bonds is 17. The number of allylic oxidation sites excluding steroid dienone is 8. The lowest BCUT2D eigenvalue weighted by molar-refractivity contribution is -0.220. The quantitative estimate of drug-likeness (QED) is 0.0931. The lowest BCUT2D eigenvalue weighted by Crippen LogP contribution is -2.69. The Labute approximate surface area is 282 Å². The van der Waals surface area contributed by atoms with Crippen molar-refractivity contribution in [1.82, 2.24) is 0 Å². The third-order valence-corrected chi connectivity index (χ3v) is 12.3. The Bertz CT molecular complexity index is 1250. The molecule has 4 rings (SSSR count). The zero-order valence-corrected chi connectivity index (χ0v) is 29.3. The molecule has 4 aliphatic carbocycles. The molecule has 0 heterocycles. The van der Waals surface area contributed by atoms with Gasteiger partial charge in [-0.05, 0) is 95.1 Å². The fraction of sp³-hybridized carbons (Fsp3) is 0.725. The predicted octanol–water partition coefficient (Wildman–Crippen LogP) is 8.26. The number of halogens is 1. The minimum atomic E-state index is -2.03. The van der Waals surface area contributed by atoms with E-state index in [4.69, 9.17) is 4.74 Å². The van der Waals surface area contributed by atoms with Gasteiger partial charge in [0.05, 0.1) is 6.10 Å². The van der Waals surface area contributed by atoms with Crippen LogP contribution in [0.25, 0.3) is 0 Å². The number of esters is 1. The van der Waals surface area contributed by atoms with Gasteiger partial charge in [0.15, 0.2) is 18.1 Å². The van der Waals surface area contributed by atoms with Crippen LogP contribution in [0, 0.1) is 28.6 Å². The van der Waals surface area contributed by atoms with E-state index in [1.807, 2.05) is 0 Å². The standard InChI is InChI=1S/C40H59FO6/c1-5-6-7-8-9-10-11-12-13-14-15-16-17-18-19-20-36(45)47-28-35(44)40(46)29(2)25-33-32-22-21-30-26-31(42)23-24-37(30,3)39(32,41)34(43)27-38(33,40)4/h9-10,12-13,23-24,26,29,32-34,43,46H,5-8,11,14-22,25,27-28H2,1-4H3/b10-9-,13-12+/t29-,32+,33+,34+,37+,38+,39+,40+/m1/s1. The molecule has 0 amide bonds. The Morgan fingerprint density at radius 1 is 1.00 bits per heavy atom. The first-order chi connectivity index (χ1) is 22.4. The van der Waals surface area contributed by atoms with Crippen molar-refractivity contribution in [2.45, 2.75) is 148 Å². The van der Waals surface area contributed by atoms with E-state index in [0.29, 0.717) is 31.3 Å². The van der Waals surface area contributed by atoms with E-state index in [9.17, 15) is 24.6 Å². The lowest BCUT2D eigenvalue weighted by atomic mass is 9.44. The largest absolute Gasteiger partial charge is 0.458 e. The van der Waals surface area contributed by atoms with Crippen LogP contribution in [0.2, 0.25) is 0 Å². The first kappa shape index (κ1) is 37.4. The highest BCUT2D eigenvalue weighted by atomic mass is 19.1. The molecule has 0 aromatic rings. The SMILES string of the molecule is CCCCC/C=C\C/C=C/CCCCCCCC(=O)OCC(=O)[C@@]1(O)[C@H](C)C[C@H]2[C@@H]3CCC4=CC(=O)C=C[C@]4(C)[C@@]3(F)[C@@H](O)C[C@@]21C. The molecule has 0 saturated heterocycles. The molecule has 4 aliphatic rings. The Morgan fingerprint density at radius 2 is 1.66 bits per heavy atom. The van der Waals surface area contributed by atoms with Crippen LogP contribution in [-0.2, 0) is 19.1 Å². The van der Waals surface area contributed by atoms with Crippen LogP contribution < -0.4 is 0 Å². The number of Topliss-reactive ketones (excluding diaryl/α,β-unsaturated/α-hetero) is 1. The van der Waals surface area contributed by atoms with Gasteiger partial charge in [0.2, 0.25) is 5.78 Å². The number of carbonyl (C=O) groups is 3. The number of unbranched alkanes of at least 4 members (excludes halogenated alkanes) is 8. The fourth-order valence-electron chi connectivity index (χ4n) is 9.55. The lowest BCUT2D eigenvalue weighted by Gasteiger charge is -2.62. The van der Waals surface area contributed by atoms with Crippen LogP contribution >= 0.6 is 0 Å². The molecular weight excluding hydrogens is 595 g/mol. The van der Waals surface area contributed by atoms with E-state index >= 15 is 4.39 Å². The maximum Gasteiger partial charge on any atom is 0.306 e. The number of aliphatic hydroxyl groups excluding tert-OH is 1. The van der Waals surface area contributed by atoms with Crippen LogP contribution in [0.4, 0.5) is 4.39 Å². The minimum Gasteiger partial charge on any atom is -0.458 e. The summed E-state index contributed by atoms with van der Waals surface area (Å²) in [6.07, 6.45) is 25.5. The third kappa shape index (κ3) is 7.32. The van der Waals surface area contributed by atoms with Crippen molar-refractivity contribution >= 4 is 17.5 Å². The van der Waals surface area contributed by atoms with E-state index in [1.54, 1.807) is 26.8 Å². The number of hydrogen-bond donors (Lipinski definition) is 2. The molecule has 6 nitrogen and oxygen atoms in total. The minimum absolute atomic E-state index is 0.0954. The molecule has 2 N–H and O–H groups in total. The van der Waals surface area contributed by atoms with Crippen LogP contribution in [-0.4, -0.2) is 51.7 Å². The van der Waals surface area contributed by atoms with Crippen molar-refractivity contribution in [3.8, 4) is 0 Å². The van der Waals surface area contributed by atoms with Crippen molar-refractivity contribution < 1.29 is 33.7 Å². The zero-order valence-electron chi connectivity index (χ0n) is 29.3.